The van der Waals surface area contributed by atoms with Crippen molar-refractivity contribution in [3.8, 4) is 17.2 Å². The van der Waals surface area contributed by atoms with Gasteiger partial charge in [0.05, 0.1) is 0 Å². The fourth-order valence-electron chi connectivity index (χ4n) is 3.51. The van der Waals surface area contributed by atoms with E-state index in [4.69, 9.17) is 14.2 Å². The molecule has 0 N–H and O–H groups in total. The number of benzene rings is 3. The number of methoxy groups -OCH3 is 3. The van der Waals surface area contributed by atoms with E-state index in [9.17, 15) is 13.2 Å². The number of rotatable bonds is 6. The van der Waals surface area contributed by atoms with Gasteiger partial charge in [0, 0.05) is 0 Å². The predicted octanol–water partition coefficient (Wildman–Crippen LogP) is 4.26. The van der Waals surface area contributed by atoms with Crippen LogP contribution in [0.15, 0.2) is 72.8 Å². The van der Waals surface area contributed by atoms with Crippen LogP contribution in [0.2, 0.25) is 0 Å². The van der Waals surface area contributed by atoms with Gasteiger partial charge in [0.25, 0.3) is 0 Å². The summed E-state index contributed by atoms with van der Waals surface area (Å²) in [7, 11) is 0.0484. The van der Waals surface area contributed by atoms with Gasteiger partial charge in [0.15, 0.2) is 0 Å². The van der Waals surface area contributed by atoms with Crippen LogP contribution in [0.1, 0.15) is 0 Å². The molecule has 0 atom stereocenters. The topological polar surface area (TPSA) is 27.7 Å². The molecule has 29 heavy (non-hydrogen) atoms. The molecule has 0 bridgehead atoms. The summed E-state index contributed by atoms with van der Waals surface area (Å²) in [5.41, 5.74) is 0. The van der Waals surface area contributed by atoms with E-state index in [0.29, 0.717) is 17.2 Å². The fourth-order valence-corrected chi connectivity index (χ4v) is 7.50. The summed E-state index contributed by atoms with van der Waals surface area (Å²) in [6, 6.07) is 18.4. The SMILES string of the molecule is COc1ccc([PH](c2ccc(OC)cc2)(c2ccc(OC)cc2)C(F)(F)F)cc1. The van der Waals surface area contributed by atoms with Gasteiger partial charge >= 0.3 is 168 Å². The van der Waals surface area contributed by atoms with Gasteiger partial charge < -0.3 is 0 Å². The first-order chi connectivity index (χ1) is 13.9. The molecular weight excluding hydrogens is 400 g/mol. The van der Waals surface area contributed by atoms with Crippen LogP contribution in [-0.2, 0) is 0 Å². The molecule has 3 aromatic carbocycles. The van der Waals surface area contributed by atoms with Crippen molar-refractivity contribution in [1.29, 1.82) is 0 Å². The first-order valence-electron chi connectivity index (χ1n) is 8.87. The third-order valence-corrected chi connectivity index (χ3v) is 9.44. The van der Waals surface area contributed by atoms with Crippen molar-refractivity contribution in [2.45, 2.75) is 5.92 Å². The van der Waals surface area contributed by atoms with Crippen molar-refractivity contribution < 1.29 is 27.4 Å². The van der Waals surface area contributed by atoms with E-state index in [-0.39, 0.29) is 15.9 Å². The van der Waals surface area contributed by atoms with Gasteiger partial charge in [-0.25, -0.2) is 0 Å². The van der Waals surface area contributed by atoms with Gasteiger partial charge in [0.1, 0.15) is 0 Å². The first kappa shape index (κ1) is 21.0. The first-order valence-corrected chi connectivity index (χ1v) is 10.9. The van der Waals surface area contributed by atoms with Gasteiger partial charge in [-0.05, 0) is 0 Å². The van der Waals surface area contributed by atoms with Crippen LogP contribution in [0.3, 0.4) is 0 Å². The number of halogens is 3. The normalized spacial score (nSPS) is 12.3. The van der Waals surface area contributed by atoms with Crippen molar-refractivity contribution >= 4 is 23.2 Å². The summed E-state index contributed by atoms with van der Waals surface area (Å²) in [4.78, 5) is 0. The van der Waals surface area contributed by atoms with E-state index in [1.165, 1.54) is 57.7 Å². The molecular formula is C22H22F3O3P. The van der Waals surface area contributed by atoms with Gasteiger partial charge in [-0.1, -0.05) is 0 Å². The average molecular weight is 422 g/mol. The van der Waals surface area contributed by atoms with Gasteiger partial charge in [-0.3, -0.25) is 0 Å². The molecule has 0 heterocycles. The molecule has 154 valence electrons. The standard InChI is InChI=1S/C22H22F3O3P/c1-26-16-4-10-19(11-5-16)29(22(23,24)25,20-12-6-17(27-2)7-13-20)21-14-8-18(28-3)9-15-21/h4-15,29H,1-3H3. The molecule has 0 saturated heterocycles. The Morgan fingerprint density at radius 3 is 0.931 bits per heavy atom. The second-order valence-corrected chi connectivity index (χ2v) is 10.2. The summed E-state index contributed by atoms with van der Waals surface area (Å²) in [6.07, 6.45) is 0. The summed E-state index contributed by atoms with van der Waals surface area (Å²) in [6.45, 7) is 0. The minimum atomic E-state index is -4.48. The average Bonchev–Trinajstić information content (AvgIpc) is 2.74. The third kappa shape index (κ3) is 3.77. The van der Waals surface area contributed by atoms with Crippen LogP contribution in [-0.4, -0.2) is 27.2 Å². The maximum atomic E-state index is 14.9. The zero-order valence-electron chi connectivity index (χ0n) is 16.3. The zero-order valence-corrected chi connectivity index (χ0v) is 17.3. The molecule has 0 spiro atoms. The molecule has 0 saturated carbocycles. The van der Waals surface area contributed by atoms with Crippen molar-refractivity contribution in [2.24, 2.45) is 0 Å². The molecule has 3 nitrogen and oxygen atoms in total. The molecule has 3 rings (SSSR count). The molecule has 0 radical (unpaired) electrons. The summed E-state index contributed by atoms with van der Waals surface area (Å²) >= 11 is 0. The van der Waals surface area contributed by atoms with Crippen LogP contribution < -0.4 is 30.1 Å². The molecule has 0 aliphatic carbocycles. The second kappa shape index (κ2) is 8.34. The van der Waals surface area contributed by atoms with Crippen LogP contribution in [0, 0.1) is 0 Å². The molecule has 0 aliphatic heterocycles. The number of hydrogen-bond donors (Lipinski definition) is 0. The van der Waals surface area contributed by atoms with E-state index in [2.05, 4.69) is 0 Å². The maximum absolute atomic E-state index is 14.9. The Hall–Kier alpha value is -2.72. The van der Waals surface area contributed by atoms with Crippen LogP contribution in [0.25, 0.3) is 0 Å². The summed E-state index contributed by atoms with van der Waals surface area (Å²) in [5, 5.41) is 0.670. The molecule has 0 aliphatic rings. The molecule has 0 unspecified atom stereocenters. The van der Waals surface area contributed by atoms with Crippen LogP contribution >= 0.6 is 7.26 Å². The van der Waals surface area contributed by atoms with Crippen LogP contribution in [0.4, 0.5) is 13.2 Å². The molecule has 0 fully saturated rings. The van der Waals surface area contributed by atoms with E-state index in [0.717, 1.165) is 0 Å². The molecule has 3 aromatic rings. The predicted molar refractivity (Wildman–Crippen MR) is 112 cm³/mol. The van der Waals surface area contributed by atoms with Crippen molar-refractivity contribution in [3.05, 3.63) is 72.8 Å². The Bertz CT molecular complexity index is 821. The fraction of sp³-hybridized carbons (Fsp3) is 0.182. The Balaban J connectivity index is 2.33. The Morgan fingerprint density at radius 2 is 0.759 bits per heavy atom. The Kier molecular flexibility index (Phi) is 6.04. The Labute approximate surface area is 168 Å². The van der Waals surface area contributed by atoms with Gasteiger partial charge in [-0.15, -0.1) is 0 Å². The number of ether oxygens (including phenoxy) is 3. The second-order valence-electron chi connectivity index (χ2n) is 6.43. The summed E-state index contributed by atoms with van der Waals surface area (Å²) in [5.74, 6) is -2.97. The number of hydrogen-bond acceptors (Lipinski definition) is 3. The Morgan fingerprint density at radius 1 is 0.517 bits per heavy atom. The monoisotopic (exact) mass is 422 g/mol. The zero-order chi connectivity index (χ0) is 21.1. The number of alkyl halides is 3. The van der Waals surface area contributed by atoms with E-state index in [1.54, 1.807) is 36.4 Å². The van der Waals surface area contributed by atoms with Crippen LogP contribution in [0.5, 0.6) is 17.2 Å². The van der Waals surface area contributed by atoms with Crippen molar-refractivity contribution in [3.63, 3.8) is 0 Å². The molecule has 7 heteroatoms. The third-order valence-electron chi connectivity index (χ3n) is 4.99. The van der Waals surface area contributed by atoms with Crippen molar-refractivity contribution in [2.75, 3.05) is 21.3 Å². The quantitative estimate of drug-likeness (QED) is 0.556. The minimum absolute atomic E-state index is 0.223. The van der Waals surface area contributed by atoms with Gasteiger partial charge in [-0.2, -0.15) is 0 Å². The van der Waals surface area contributed by atoms with Crippen molar-refractivity contribution in [1.82, 2.24) is 0 Å². The van der Waals surface area contributed by atoms with Gasteiger partial charge in [0.2, 0.25) is 0 Å². The van der Waals surface area contributed by atoms with E-state index in [1.807, 2.05) is 0 Å². The van der Waals surface area contributed by atoms with E-state index < -0.39 is 13.2 Å². The van der Waals surface area contributed by atoms with E-state index >= 15 is 0 Å². The summed E-state index contributed by atoms with van der Waals surface area (Å²) < 4.78 is 60.3. The molecule has 0 aromatic heterocycles. The molecule has 0 amide bonds.